The average Bonchev–Trinajstić information content (AvgIpc) is 2.62. The van der Waals surface area contributed by atoms with Crippen molar-refractivity contribution in [3.63, 3.8) is 0 Å². The Labute approximate surface area is 166 Å². The second-order valence-electron chi connectivity index (χ2n) is 6.99. The van der Waals surface area contributed by atoms with Crippen molar-refractivity contribution in [1.82, 2.24) is 10.6 Å². The Hall–Kier alpha value is -1.17. The number of carbonyl (C=O) groups is 1. The van der Waals surface area contributed by atoms with Crippen LogP contribution in [0.15, 0.2) is 12.1 Å². The standard InChI is InChI=1S/C19H27ClN2O3.ClH/c1-13(15-3-2-5-21-12-15)9-18(23)22-6-4-14-10-16(20)19-17(11-14)24-7-8-25-19;/h10-11,13,15,21H,2-9,12H2,1H3,(H,22,23);1H. The van der Waals surface area contributed by atoms with E-state index in [-0.39, 0.29) is 18.3 Å². The quantitative estimate of drug-likeness (QED) is 0.766. The van der Waals surface area contributed by atoms with Crippen LogP contribution in [-0.4, -0.2) is 38.8 Å². The molecule has 1 fully saturated rings. The van der Waals surface area contributed by atoms with Gasteiger partial charge in [-0.3, -0.25) is 4.79 Å². The first-order valence-electron chi connectivity index (χ1n) is 9.19. The van der Waals surface area contributed by atoms with Crippen molar-refractivity contribution >= 4 is 29.9 Å². The summed E-state index contributed by atoms with van der Waals surface area (Å²) in [7, 11) is 0. The normalized spacial score (nSPS) is 20.0. The number of benzene rings is 1. The Kier molecular flexibility index (Phi) is 8.32. The van der Waals surface area contributed by atoms with Gasteiger partial charge in [0.2, 0.25) is 5.91 Å². The zero-order valence-corrected chi connectivity index (χ0v) is 16.8. The van der Waals surface area contributed by atoms with Gasteiger partial charge in [0.05, 0.1) is 5.02 Å². The van der Waals surface area contributed by atoms with E-state index < -0.39 is 0 Å². The molecule has 1 saturated heterocycles. The number of carbonyl (C=O) groups excluding carboxylic acids is 1. The zero-order chi connectivity index (χ0) is 17.6. The molecule has 3 rings (SSSR count). The smallest absolute Gasteiger partial charge is 0.220 e. The van der Waals surface area contributed by atoms with Gasteiger partial charge in [0.25, 0.3) is 0 Å². The topological polar surface area (TPSA) is 59.6 Å². The molecule has 0 aromatic heterocycles. The SMILES string of the molecule is CC(CC(=O)NCCc1cc(Cl)c2c(c1)OCCO2)C1CCCNC1.Cl. The first kappa shape index (κ1) is 21.1. The van der Waals surface area contributed by atoms with E-state index in [1.165, 1.54) is 12.8 Å². The molecule has 0 spiro atoms. The summed E-state index contributed by atoms with van der Waals surface area (Å²) in [6.07, 6.45) is 3.74. The number of ether oxygens (including phenoxy) is 2. The van der Waals surface area contributed by atoms with E-state index in [9.17, 15) is 4.79 Å². The summed E-state index contributed by atoms with van der Waals surface area (Å²) in [5.41, 5.74) is 1.04. The molecule has 26 heavy (non-hydrogen) atoms. The fourth-order valence-corrected chi connectivity index (χ4v) is 3.84. The molecular weight excluding hydrogens is 375 g/mol. The number of hydrogen-bond acceptors (Lipinski definition) is 4. The minimum Gasteiger partial charge on any atom is -0.486 e. The molecule has 5 nitrogen and oxygen atoms in total. The largest absolute Gasteiger partial charge is 0.486 e. The number of piperidine rings is 1. The monoisotopic (exact) mass is 402 g/mol. The van der Waals surface area contributed by atoms with Crippen LogP contribution in [0.1, 0.15) is 31.7 Å². The summed E-state index contributed by atoms with van der Waals surface area (Å²) in [6.45, 7) is 5.98. The van der Waals surface area contributed by atoms with Gasteiger partial charge >= 0.3 is 0 Å². The summed E-state index contributed by atoms with van der Waals surface area (Å²) in [6, 6.07) is 3.83. The highest BCUT2D eigenvalue weighted by molar-refractivity contribution is 6.32. The number of halogens is 2. The van der Waals surface area contributed by atoms with Crippen molar-refractivity contribution in [2.75, 3.05) is 32.8 Å². The molecule has 1 aromatic rings. The van der Waals surface area contributed by atoms with Crippen molar-refractivity contribution in [3.05, 3.63) is 22.7 Å². The van der Waals surface area contributed by atoms with Crippen LogP contribution in [0.4, 0.5) is 0 Å². The van der Waals surface area contributed by atoms with Gasteiger partial charge in [0, 0.05) is 13.0 Å². The predicted octanol–water partition coefficient (Wildman–Crippen LogP) is 3.22. The van der Waals surface area contributed by atoms with E-state index >= 15 is 0 Å². The molecule has 0 saturated carbocycles. The Morgan fingerprint density at radius 1 is 1.38 bits per heavy atom. The van der Waals surface area contributed by atoms with Crippen molar-refractivity contribution in [3.8, 4) is 11.5 Å². The van der Waals surface area contributed by atoms with Crippen LogP contribution >= 0.6 is 24.0 Å². The maximum absolute atomic E-state index is 12.2. The average molecular weight is 403 g/mol. The van der Waals surface area contributed by atoms with Crippen LogP contribution in [0, 0.1) is 11.8 Å². The lowest BCUT2D eigenvalue weighted by Gasteiger charge is -2.28. The molecule has 1 amide bonds. The van der Waals surface area contributed by atoms with E-state index in [0.29, 0.717) is 54.5 Å². The lowest BCUT2D eigenvalue weighted by atomic mass is 9.85. The Balaban J connectivity index is 0.00000243. The van der Waals surface area contributed by atoms with E-state index in [0.717, 1.165) is 25.1 Å². The van der Waals surface area contributed by atoms with Gasteiger partial charge in [-0.15, -0.1) is 12.4 Å². The second kappa shape index (κ2) is 10.2. The van der Waals surface area contributed by atoms with E-state index in [4.69, 9.17) is 21.1 Å². The van der Waals surface area contributed by atoms with E-state index in [1.807, 2.05) is 12.1 Å². The molecule has 2 atom stereocenters. The van der Waals surface area contributed by atoms with Gasteiger partial charge in [-0.1, -0.05) is 18.5 Å². The summed E-state index contributed by atoms with van der Waals surface area (Å²) >= 11 is 6.25. The first-order chi connectivity index (χ1) is 12.1. The molecule has 2 aliphatic heterocycles. The summed E-state index contributed by atoms with van der Waals surface area (Å²) in [4.78, 5) is 12.2. The highest BCUT2D eigenvalue weighted by Gasteiger charge is 2.22. The molecule has 0 aliphatic carbocycles. The molecule has 2 heterocycles. The summed E-state index contributed by atoms with van der Waals surface area (Å²) in [5, 5.41) is 7.01. The van der Waals surface area contributed by atoms with Crippen molar-refractivity contribution in [2.24, 2.45) is 11.8 Å². The van der Waals surface area contributed by atoms with Crippen LogP contribution in [0.3, 0.4) is 0 Å². The molecule has 7 heteroatoms. The molecule has 2 aliphatic rings. The maximum atomic E-state index is 12.2. The van der Waals surface area contributed by atoms with Crippen molar-refractivity contribution in [1.29, 1.82) is 0 Å². The van der Waals surface area contributed by atoms with Gasteiger partial charge in [-0.25, -0.2) is 0 Å². The predicted molar refractivity (Wildman–Crippen MR) is 106 cm³/mol. The third-order valence-electron chi connectivity index (χ3n) is 5.04. The minimum absolute atomic E-state index is 0. The van der Waals surface area contributed by atoms with Crippen LogP contribution < -0.4 is 20.1 Å². The lowest BCUT2D eigenvalue weighted by molar-refractivity contribution is -0.122. The van der Waals surface area contributed by atoms with Gasteiger partial charge in [-0.2, -0.15) is 0 Å². The number of rotatable bonds is 6. The zero-order valence-electron chi connectivity index (χ0n) is 15.2. The molecule has 2 unspecified atom stereocenters. The molecule has 0 bridgehead atoms. The van der Waals surface area contributed by atoms with Gasteiger partial charge < -0.3 is 20.1 Å². The Morgan fingerprint density at radius 2 is 2.19 bits per heavy atom. The van der Waals surface area contributed by atoms with E-state index in [2.05, 4.69) is 17.6 Å². The Morgan fingerprint density at radius 3 is 2.96 bits per heavy atom. The highest BCUT2D eigenvalue weighted by atomic mass is 35.5. The third-order valence-corrected chi connectivity index (χ3v) is 5.32. The number of nitrogens with one attached hydrogen (secondary N) is 2. The van der Waals surface area contributed by atoms with Crippen molar-refractivity contribution < 1.29 is 14.3 Å². The second-order valence-corrected chi connectivity index (χ2v) is 7.40. The fourth-order valence-electron chi connectivity index (χ4n) is 3.55. The molecule has 1 aromatic carbocycles. The lowest BCUT2D eigenvalue weighted by Crippen LogP contribution is -2.36. The number of fused-ring (bicyclic) bond motifs is 1. The maximum Gasteiger partial charge on any atom is 0.220 e. The summed E-state index contributed by atoms with van der Waals surface area (Å²) in [5.74, 6) is 2.46. The molecular formula is C19H28Cl2N2O3. The van der Waals surface area contributed by atoms with Gasteiger partial charge in [-0.05, 0) is 61.9 Å². The molecule has 146 valence electrons. The Bertz CT molecular complexity index is 607. The fraction of sp³-hybridized carbons (Fsp3) is 0.632. The van der Waals surface area contributed by atoms with Crippen LogP contribution in [-0.2, 0) is 11.2 Å². The van der Waals surface area contributed by atoms with Crippen molar-refractivity contribution in [2.45, 2.75) is 32.6 Å². The van der Waals surface area contributed by atoms with Crippen LogP contribution in [0.2, 0.25) is 5.02 Å². The highest BCUT2D eigenvalue weighted by Crippen LogP contribution is 2.38. The minimum atomic E-state index is 0. The molecule has 2 N–H and O–H groups in total. The number of amides is 1. The van der Waals surface area contributed by atoms with E-state index in [1.54, 1.807) is 0 Å². The van der Waals surface area contributed by atoms with Gasteiger partial charge in [0.15, 0.2) is 11.5 Å². The third kappa shape index (κ3) is 5.66. The van der Waals surface area contributed by atoms with Gasteiger partial charge in [0.1, 0.15) is 13.2 Å². The number of hydrogen-bond donors (Lipinski definition) is 2. The van der Waals surface area contributed by atoms with Crippen LogP contribution in [0.25, 0.3) is 0 Å². The first-order valence-corrected chi connectivity index (χ1v) is 9.56. The summed E-state index contributed by atoms with van der Waals surface area (Å²) < 4.78 is 11.1. The van der Waals surface area contributed by atoms with Crippen LogP contribution in [0.5, 0.6) is 11.5 Å². The molecule has 0 radical (unpaired) electrons.